The maximum Gasteiger partial charge on any atom is 0.244 e. The van der Waals surface area contributed by atoms with E-state index in [0.29, 0.717) is 5.17 Å². The van der Waals surface area contributed by atoms with Gasteiger partial charge in [-0.2, -0.15) is 4.99 Å². The first kappa shape index (κ1) is 16.0. The third kappa shape index (κ3) is 2.96. The van der Waals surface area contributed by atoms with Crippen molar-refractivity contribution in [2.75, 3.05) is 16.4 Å². The maximum absolute atomic E-state index is 11.9. The van der Waals surface area contributed by atoms with E-state index in [-0.39, 0.29) is 28.7 Å². The van der Waals surface area contributed by atoms with Crippen LogP contribution in [0.5, 0.6) is 0 Å². The van der Waals surface area contributed by atoms with Crippen molar-refractivity contribution in [2.45, 2.75) is 25.1 Å². The lowest BCUT2D eigenvalue weighted by atomic mass is 10.1. The van der Waals surface area contributed by atoms with Crippen molar-refractivity contribution < 1.29 is 13.2 Å². The summed E-state index contributed by atoms with van der Waals surface area (Å²) in [4.78, 5) is 17.4. The van der Waals surface area contributed by atoms with Gasteiger partial charge in [-0.1, -0.05) is 27.7 Å². The van der Waals surface area contributed by atoms with Crippen molar-refractivity contribution in [3.8, 4) is 0 Å². The fourth-order valence-corrected chi connectivity index (χ4v) is 6.98. The maximum atomic E-state index is 11.9. The van der Waals surface area contributed by atoms with Gasteiger partial charge in [-0.05, 0) is 30.7 Å². The number of halogens is 1. The summed E-state index contributed by atoms with van der Waals surface area (Å²) in [6.45, 7) is 3.38. The number of fused-ring (bicyclic) bond motifs is 1. The van der Waals surface area contributed by atoms with Crippen LogP contribution in [0.15, 0.2) is 27.7 Å². The fourth-order valence-electron chi connectivity index (χ4n) is 2.78. The van der Waals surface area contributed by atoms with Crippen LogP contribution in [0.25, 0.3) is 0 Å². The summed E-state index contributed by atoms with van der Waals surface area (Å²) in [7, 11) is -3.03. The van der Waals surface area contributed by atoms with E-state index in [9.17, 15) is 13.2 Å². The topological polar surface area (TPSA) is 66.8 Å². The Kier molecular flexibility index (Phi) is 4.11. The Labute approximate surface area is 142 Å². The molecule has 2 saturated heterocycles. The fraction of sp³-hybridized carbons (Fsp3) is 0.429. The van der Waals surface area contributed by atoms with Crippen LogP contribution in [0, 0.1) is 6.92 Å². The average Bonchev–Trinajstić information content (AvgIpc) is 2.83. The lowest BCUT2D eigenvalue weighted by Crippen LogP contribution is -2.37. The van der Waals surface area contributed by atoms with E-state index in [0.717, 1.165) is 15.7 Å². The van der Waals surface area contributed by atoms with Gasteiger partial charge < -0.3 is 4.90 Å². The number of carbonyl (C=O) groups is 1. The first-order chi connectivity index (χ1) is 10.3. The van der Waals surface area contributed by atoms with Gasteiger partial charge in [0.05, 0.1) is 17.5 Å². The van der Waals surface area contributed by atoms with Crippen LogP contribution in [0.2, 0.25) is 0 Å². The Balaban J connectivity index is 2.06. The van der Waals surface area contributed by atoms with Crippen LogP contribution in [-0.4, -0.2) is 42.3 Å². The molecule has 8 heteroatoms. The Hall–Kier alpha value is -0.860. The van der Waals surface area contributed by atoms with E-state index in [1.807, 2.05) is 30.0 Å². The number of aliphatic imine (C=N–C) groups is 1. The predicted octanol–water partition coefficient (Wildman–Crippen LogP) is 2.38. The molecule has 2 fully saturated rings. The summed E-state index contributed by atoms with van der Waals surface area (Å²) in [5, 5.41) is 0.533. The molecule has 0 aliphatic carbocycles. The zero-order valence-corrected chi connectivity index (χ0v) is 15.3. The summed E-state index contributed by atoms with van der Waals surface area (Å²) < 4.78 is 24.8. The van der Waals surface area contributed by atoms with Gasteiger partial charge in [0.25, 0.3) is 0 Å². The number of hydrogen-bond acceptors (Lipinski definition) is 4. The Morgan fingerprint density at radius 3 is 2.77 bits per heavy atom. The summed E-state index contributed by atoms with van der Waals surface area (Å²) in [5.74, 6) is -0.0220. The van der Waals surface area contributed by atoms with E-state index in [4.69, 9.17) is 0 Å². The van der Waals surface area contributed by atoms with Crippen LogP contribution >= 0.6 is 27.7 Å². The minimum absolute atomic E-state index is 0.0629. The minimum atomic E-state index is -3.03. The number of nitrogens with zero attached hydrogens (tertiary/aromatic N) is 2. The van der Waals surface area contributed by atoms with E-state index in [1.54, 1.807) is 0 Å². The molecule has 3 rings (SSSR count). The number of amides is 1. The highest BCUT2D eigenvalue weighted by Crippen LogP contribution is 2.41. The Morgan fingerprint density at radius 1 is 1.41 bits per heavy atom. The normalized spacial score (nSPS) is 28.1. The second kappa shape index (κ2) is 5.65. The molecular weight excluding hydrogens is 388 g/mol. The van der Waals surface area contributed by atoms with Gasteiger partial charge in [0, 0.05) is 22.3 Å². The summed E-state index contributed by atoms with van der Waals surface area (Å²) in [6, 6.07) is 5.67. The molecule has 0 unspecified atom stereocenters. The molecule has 0 radical (unpaired) electrons. The van der Waals surface area contributed by atoms with Gasteiger partial charge in [-0.25, -0.2) is 8.42 Å². The highest BCUT2D eigenvalue weighted by atomic mass is 79.9. The first-order valence-corrected chi connectivity index (χ1v) is 10.3. The molecule has 2 aliphatic rings. The molecule has 2 atom stereocenters. The van der Waals surface area contributed by atoms with Crippen LogP contribution in [0.3, 0.4) is 0 Å². The molecule has 0 N–H and O–H groups in total. The largest absolute Gasteiger partial charge is 0.316 e. The summed E-state index contributed by atoms with van der Waals surface area (Å²) >= 11 is 4.85. The van der Waals surface area contributed by atoms with Crippen molar-refractivity contribution in [2.24, 2.45) is 4.99 Å². The third-order valence-electron chi connectivity index (χ3n) is 3.74. The highest BCUT2D eigenvalue weighted by molar-refractivity contribution is 9.10. The quantitative estimate of drug-likeness (QED) is 0.721. The summed E-state index contributed by atoms with van der Waals surface area (Å²) in [5.41, 5.74) is 1.92. The Bertz CT molecular complexity index is 776. The number of carbonyl (C=O) groups excluding carboxylic acids is 1. The monoisotopic (exact) mass is 402 g/mol. The molecule has 1 aromatic carbocycles. The molecule has 2 heterocycles. The zero-order chi connectivity index (χ0) is 16.1. The SMILES string of the molecule is CC(=O)N=C1S[C@@H]2CS(=O)(=O)C[C@@H]2N1c1ccc(Br)c(C)c1. The summed E-state index contributed by atoms with van der Waals surface area (Å²) in [6.07, 6.45) is 0. The molecule has 0 spiro atoms. The lowest BCUT2D eigenvalue weighted by Gasteiger charge is -2.25. The van der Waals surface area contributed by atoms with E-state index in [1.165, 1.54) is 18.7 Å². The number of aryl methyl sites for hydroxylation is 1. The molecule has 0 bridgehead atoms. The molecule has 22 heavy (non-hydrogen) atoms. The van der Waals surface area contributed by atoms with E-state index in [2.05, 4.69) is 20.9 Å². The van der Waals surface area contributed by atoms with Gasteiger partial charge in [0.2, 0.25) is 5.91 Å². The zero-order valence-electron chi connectivity index (χ0n) is 12.1. The first-order valence-electron chi connectivity index (χ1n) is 6.78. The Morgan fingerprint density at radius 2 is 2.14 bits per heavy atom. The third-order valence-corrected chi connectivity index (χ3v) is 7.84. The molecule has 1 aromatic rings. The molecule has 118 valence electrons. The predicted molar refractivity (Wildman–Crippen MR) is 93.3 cm³/mol. The number of amidine groups is 1. The molecular formula is C14H15BrN2O3S2. The van der Waals surface area contributed by atoms with Crippen LogP contribution in [0.1, 0.15) is 12.5 Å². The van der Waals surface area contributed by atoms with Gasteiger partial charge in [0.15, 0.2) is 15.0 Å². The van der Waals surface area contributed by atoms with Gasteiger partial charge in [-0.15, -0.1) is 0 Å². The molecule has 1 amide bonds. The number of rotatable bonds is 1. The van der Waals surface area contributed by atoms with Crippen molar-refractivity contribution in [1.82, 2.24) is 0 Å². The van der Waals surface area contributed by atoms with Crippen molar-refractivity contribution in [3.63, 3.8) is 0 Å². The molecule has 5 nitrogen and oxygen atoms in total. The number of thioether (sulfide) groups is 1. The van der Waals surface area contributed by atoms with Crippen molar-refractivity contribution >= 4 is 54.3 Å². The average molecular weight is 403 g/mol. The second-order valence-corrected chi connectivity index (χ2v) is 9.73. The van der Waals surface area contributed by atoms with Crippen LogP contribution < -0.4 is 4.90 Å². The number of anilines is 1. The number of benzene rings is 1. The van der Waals surface area contributed by atoms with Crippen LogP contribution in [-0.2, 0) is 14.6 Å². The van der Waals surface area contributed by atoms with Gasteiger partial charge in [-0.3, -0.25) is 4.79 Å². The van der Waals surface area contributed by atoms with Gasteiger partial charge in [0.1, 0.15) is 0 Å². The van der Waals surface area contributed by atoms with E-state index >= 15 is 0 Å². The number of sulfone groups is 1. The van der Waals surface area contributed by atoms with Crippen molar-refractivity contribution in [3.05, 3.63) is 28.2 Å². The molecule has 0 saturated carbocycles. The standard InChI is InChI=1S/C14H15BrN2O3S2/c1-8-5-10(3-4-11(8)15)17-12-6-22(19,20)7-13(12)21-14(17)16-9(2)18/h3-5,12-13H,6-7H2,1-2H3/t12-,13+/m0/s1. The van der Waals surface area contributed by atoms with Crippen molar-refractivity contribution in [1.29, 1.82) is 0 Å². The highest BCUT2D eigenvalue weighted by Gasteiger charge is 2.49. The van der Waals surface area contributed by atoms with Crippen LogP contribution in [0.4, 0.5) is 5.69 Å². The smallest absolute Gasteiger partial charge is 0.244 e. The lowest BCUT2D eigenvalue weighted by molar-refractivity contribution is -0.115. The molecule has 2 aliphatic heterocycles. The minimum Gasteiger partial charge on any atom is -0.316 e. The number of hydrogen-bond donors (Lipinski definition) is 0. The second-order valence-electron chi connectivity index (χ2n) is 5.52. The van der Waals surface area contributed by atoms with E-state index < -0.39 is 9.84 Å². The molecule has 0 aromatic heterocycles. The van der Waals surface area contributed by atoms with Gasteiger partial charge >= 0.3 is 0 Å².